The molecular formula is C11H15N3O. The van der Waals surface area contributed by atoms with Crippen LogP contribution < -0.4 is 5.73 Å². The number of terminal acetylenes is 1. The Hall–Kier alpha value is -1.34. The Morgan fingerprint density at radius 2 is 2.40 bits per heavy atom. The van der Waals surface area contributed by atoms with Crippen molar-refractivity contribution in [2.75, 3.05) is 0 Å². The largest absolute Gasteiger partial charge is 0.338 e. The summed E-state index contributed by atoms with van der Waals surface area (Å²) in [5, 5.41) is 3.94. The molecule has 1 saturated carbocycles. The van der Waals surface area contributed by atoms with E-state index in [-0.39, 0.29) is 6.04 Å². The highest BCUT2D eigenvalue weighted by molar-refractivity contribution is 5.15. The molecule has 1 aromatic rings. The van der Waals surface area contributed by atoms with Gasteiger partial charge in [0.15, 0.2) is 5.82 Å². The predicted molar refractivity (Wildman–Crippen MR) is 55.8 cm³/mol. The predicted octanol–water partition coefficient (Wildman–Crippen LogP) is 1.61. The van der Waals surface area contributed by atoms with Crippen molar-refractivity contribution in [1.29, 1.82) is 0 Å². The molecule has 1 heterocycles. The fourth-order valence-electron chi connectivity index (χ4n) is 1.66. The molecule has 2 atom stereocenters. The Morgan fingerprint density at radius 1 is 1.73 bits per heavy atom. The number of rotatable bonds is 3. The lowest BCUT2D eigenvalue weighted by Gasteiger charge is -1.99. The first kappa shape index (κ1) is 10.2. The van der Waals surface area contributed by atoms with E-state index in [1.165, 1.54) is 0 Å². The Bertz CT molecular complexity index is 402. The van der Waals surface area contributed by atoms with Gasteiger partial charge >= 0.3 is 0 Å². The number of hydrogen-bond donors (Lipinski definition) is 1. The Kier molecular flexibility index (Phi) is 2.28. The zero-order valence-corrected chi connectivity index (χ0v) is 9.03. The van der Waals surface area contributed by atoms with E-state index in [2.05, 4.69) is 29.9 Å². The summed E-state index contributed by atoms with van der Waals surface area (Å²) in [4.78, 5) is 4.29. The molecule has 0 aromatic carbocycles. The molecule has 0 bridgehead atoms. The van der Waals surface area contributed by atoms with Gasteiger partial charge in [0.25, 0.3) is 0 Å². The van der Waals surface area contributed by atoms with Crippen LogP contribution in [0.4, 0.5) is 0 Å². The van der Waals surface area contributed by atoms with Gasteiger partial charge in [0.2, 0.25) is 5.89 Å². The number of hydrogen-bond acceptors (Lipinski definition) is 4. The minimum absolute atomic E-state index is 0.303. The summed E-state index contributed by atoms with van der Waals surface area (Å²) >= 11 is 0. The number of nitrogens with two attached hydrogens (primary N) is 1. The Labute approximate surface area is 89.2 Å². The van der Waals surface area contributed by atoms with Crippen LogP contribution in [-0.2, 0) is 0 Å². The fraction of sp³-hybridized carbons (Fsp3) is 0.636. The lowest BCUT2D eigenvalue weighted by molar-refractivity contribution is 0.351. The SMILES string of the molecule is C#CCC(N)c1nc(C2CC2(C)C)no1. The molecule has 4 nitrogen and oxygen atoms in total. The highest BCUT2D eigenvalue weighted by Crippen LogP contribution is 2.57. The summed E-state index contributed by atoms with van der Waals surface area (Å²) in [6, 6.07) is -0.335. The smallest absolute Gasteiger partial charge is 0.244 e. The second-order valence-corrected chi connectivity index (χ2v) is 4.75. The van der Waals surface area contributed by atoms with E-state index in [0.29, 0.717) is 23.6 Å². The molecule has 2 N–H and O–H groups in total. The standard InChI is InChI=1S/C11H15N3O/c1-4-5-8(12)10-13-9(14-15-10)7-6-11(7,2)3/h1,7-8H,5-6,12H2,2-3H3. The van der Waals surface area contributed by atoms with Crippen LogP contribution >= 0.6 is 0 Å². The van der Waals surface area contributed by atoms with Crippen LogP contribution in [0.5, 0.6) is 0 Å². The zero-order valence-electron chi connectivity index (χ0n) is 9.03. The molecule has 0 amide bonds. The zero-order chi connectivity index (χ0) is 11.1. The maximum Gasteiger partial charge on any atom is 0.244 e. The van der Waals surface area contributed by atoms with Gasteiger partial charge < -0.3 is 10.3 Å². The monoisotopic (exact) mass is 205 g/mol. The molecule has 15 heavy (non-hydrogen) atoms. The van der Waals surface area contributed by atoms with Crippen molar-refractivity contribution in [3.8, 4) is 12.3 Å². The summed E-state index contributed by atoms with van der Waals surface area (Å²) < 4.78 is 5.09. The average molecular weight is 205 g/mol. The van der Waals surface area contributed by atoms with Crippen LogP contribution in [0.3, 0.4) is 0 Å². The van der Waals surface area contributed by atoms with Crippen LogP contribution in [0.2, 0.25) is 0 Å². The molecule has 0 radical (unpaired) electrons. The van der Waals surface area contributed by atoms with E-state index in [1.54, 1.807) is 0 Å². The van der Waals surface area contributed by atoms with E-state index < -0.39 is 0 Å². The highest BCUT2D eigenvalue weighted by Gasteiger charge is 2.49. The van der Waals surface area contributed by atoms with E-state index in [1.807, 2.05) is 0 Å². The van der Waals surface area contributed by atoms with Gasteiger partial charge in [-0.2, -0.15) is 4.98 Å². The van der Waals surface area contributed by atoms with Crippen LogP contribution in [0.25, 0.3) is 0 Å². The molecule has 2 rings (SSSR count). The van der Waals surface area contributed by atoms with E-state index >= 15 is 0 Å². The second kappa shape index (κ2) is 3.35. The summed E-state index contributed by atoms with van der Waals surface area (Å²) in [7, 11) is 0. The molecule has 0 spiro atoms. The maximum absolute atomic E-state index is 5.77. The van der Waals surface area contributed by atoms with Crippen molar-refractivity contribution in [1.82, 2.24) is 10.1 Å². The van der Waals surface area contributed by atoms with Gasteiger partial charge in [-0.1, -0.05) is 19.0 Å². The van der Waals surface area contributed by atoms with Crippen LogP contribution in [-0.4, -0.2) is 10.1 Å². The average Bonchev–Trinajstić information content (AvgIpc) is 2.66. The van der Waals surface area contributed by atoms with E-state index in [4.69, 9.17) is 16.7 Å². The quantitative estimate of drug-likeness (QED) is 0.761. The minimum atomic E-state index is -0.335. The minimum Gasteiger partial charge on any atom is -0.338 e. The topological polar surface area (TPSA) is 64.9 Å². The molecule has 80 valence electrons. The van der Waals surface area contributed by atoms with Crippen molar-refractivity contribution in [2.45, 2.75) is 38.6 Å². The van der Waals surface area contributed by atoms with Gasteiger partial charge in [0.1, 0.15) is 0 Å². The van der Waals surface area contributed by atoms with Crippen molar-refractivity contribution >= 4 is 0 Å². The van der Waals surface area contributed by atoms with Crippen molar-refractivity contribution < 1.29 is 4.52 Å². The van der Waals surface area contributed by atoms with E-state index in [0.717, 1.165) is 12.2 Å². The third kappa shape index (κ3) is 1.88. The Balaban J connectivity index is 2.09. The summed E-state index contributed by atoms with van der Waals surface area (Å²) in [6.07, 6.45) is 6.70. The second-order valence-electron chi connectivity index (χ2n) is 4.75. The van der Waals surface area contributed by atoms with Crippen LogP contribution in [0, 0.1) is 17.8 Å². The van der Waals surface area contributed by atoms with Crippen molar-refractivity contribution in [3.05, 3.63) is 11.7 Å². The number of nitrogens with zero attached hydrogens (tertiary/aromatic N) is 2. The first-order valence-electron chi connectivity index (χ1n) is 5.07. The third-order valence-corrected chi connectivity index (χ3v) is 2.94. The van der Waals surface area contributed by atoms with E-state index in [9.17, 15) is 0 Å². The van der Waals surface area contributed by atoms with Gasteiger partial charge in [-0.3, -0.25) is 0 Å². The lowest BCUT2D eigenvalue weighted by atomic mass is 10.1. The third-order valence-electron chi connectivity index (χ3n) is 2.94. The molecule has 1 aliphatic carbocycles. The van der Waals surface area contributed by atoms with Gasteiger partial charge in [-0.25, -0.2) is 0 Å². The van der Waals surface area contributed by atoms with Gasteiger partial charge in [0, 0.05) is 12.3 Å². The van der Waals surface area contributed by atoms with Crippen LogP contribution in [0.1, 0.15) is 50.4 Å². The summed E-state index contributed by atoms with van der Waals surface area (Å²) in [6.45, 7) is 4.38. The first-order valence-corrected chi connectivity index (χ1v) is 5.07. The summed E-state index contributed by atoms with van der Waals surface area (Å²) in [5.41, 5.74) is 6.07. The lowest BCUT2D eigenvalue weighted by Crippen LogP contribution is -2.09. The molecule has 1 fully saturated rings. The molecule has 4 heteroatoms. The van der Waals surface area contributed by atoms with Crippen LogP contribution in [0.15, 0.2) is 4.52 Å². The fourth-order valence-corrected chi connectivity index (χ4v) is 1.66. The normalized spacial score (nSPS) is 24.5. The van der Waals surface area contributed by atoms with Crippen molar-refractivity contribution in [3.63, 3.8) is 0 Å². The maximum atomic E-state index is 5.77. The van der Waals surface area contributed by atoms with Gasteiger partial charge in [0.05, 0.1) is 6.04 Å². The molecule has 0 aliphatic heterocycles. The molecule has 1 aliphatic rings. The molecule has 0 saturated heterocycles. The summed E-state index contributed by atoms with van der Waals surface area (Å²) in [5.74, 6) is 4.11. The molecular weight excluding hydrogens is 190 g/mol. The van der Waals surface area contributed by atoms with Gasteiger partial charge in [-0.05, 0) is 11.8 Å². The number of aromatic nitrogens is 2. The first-order chi connectivity index (χ1) is 7.04. The molecule has 1 aromatic heterocycles. The van der Waals surface area contributed by atoms with Gasteiger partial charge in [-0.15, -0.1) is 12.3 Å². The Morgan fingerprint density at radius 3 is 2.93 bits per heavy atom. The highest BCUT2D eigenvalue weighted by atomic mass is 16.5. The van der Waals surface area contributed by atoms with Crippen molar-refractivity contribution in [2.24, 2.45) is 11.1 Å². The molecule has 2 unspecified atom stereocenters.